The third-order valence-corrected chi connectivity index (χ3v) is 17.7. The van der Waals surface area contributed by atoms with Gasteiger partial charge in [-0.1, -0.05) is 60.3 Å². The first-order valence-corrected chi connectivity index (χ1v) is 32.1. The minimum absolute atomic E-state index is 0. The standard InChI is InChI=1S/C36H29O2S2.4C6H.4C2F6.Ga.4H2/c1-4-10-28(11-5-1)37-30-16-20-32(21-17-30)39-33-22-26-36(27-23-33)40(34-14-8-3-9-15-34)35-24-18-31(19-25-35)38-29-12-6-2-7-13-29;4*1-3-5-6-4-2;4*3-1(4,5)2(6,7)8;;;;;/h1-4,6-10,12-27H,5,11H2;4*1H;;;;;;4*1H/q+1;;;;;;;;;-1;;;;. The van der Waals surface area contributed by atoms with Gasteiger partial charge in [0.2, 0.25) is 0 Å². The molecule has 0 spiro atoms. The van der Waals surface area contributed by atoms with E-state index in [1.165, 1.54) is 24.5 Å². The second-order valence-electron chi connectivity index (χ2n) is 16.8. The molecule has 1 aliphatic rings. The predicted octanol–water partition coefficient (Wildman–Crippen LogP) is 19.9. The molecule has 0 saturated heterocycles. The number of alkyl halides is 24. The largest absolute Gasteiger partial charge is 0.487 e. The van der Waals surface area contributed by atoms with Crippen molar-refractivity contribution in [2.75, 3.05) is 0 Å². The molecule has 0 aliphatic heterocycles. The van der Waals surface area contributed by atoms with E-state index in [2.05, 4.69) is 216 Å². The molecule has 6 rings (SSSR count). The van der Waals surface area contributed by atoms with Crippen molar-refractivity contribution < 1.29 is 121 Å². The van der Waals surface area contributed by atoms with E-state index in [1.807, 2.05) is 48.5 Å². The van der Waals surface area contributed by atoms with E-state index in [1.54, 1.807) is 11.8 Å². The Balaban J connectivity index is -0.000000657. The molecule has 0 bridgehead atoms. The average Bonchev–Trinajstić information content (AvgIpc) is 0.805. The SMILES string of the molecule is C#CC#CC#[C][Ga-]([C]#CC#CC#C)([C]#CC#CC#C)[C]#CC#CC#C.C1=CCCC(Oc2ccc(Sc3ccc([S+](c4ccccc4)c4ccc(Oc5ccccc5)cc4)cc3)cc2)=C1.FC(F)(F)C(F)(F)F.FC(F)(F)C(F)(F)F.FC(F)(F)C(F)(F)F.FC(F)(F)C(F)(F)F.[HH].[HH].[HH].[HH]. The van der Waals surface area contributed by atoms with Crippen LogP contribution in [0.1, 0.15) is 18.5 Å². The number of benzene rings is 5. The number of ether oxygens (including phenoxy) is 2. The fraction of sp³-hybridized carbons (Fsp3) is 0.147. The number of terminal acetylenes is 4. The fourth-order valence-corrected chi connectivity index (χ4v) is 11.7. The minimum Gasteiger partial charge on any atom is -0.462 e. The number of para-hydroxylation sites is 1. The molecule has 0 amide bonds. The van der Waals surface area contributed by atoms with Crippen molar-refractivity contribution in [3.8, 4) is 156 Å². The Morgan fingerprint density at radius 2 is 0.619 bits per heavy atom. The molecule has 2 nitrogen and oxygen atoms in total. The third kappa shape index (κ3) is 34.5. The van der Waals surface area contributed by atoms with Crippen molar-refractivity contribution in [3.63, 3.8) is 0 Å². The molecule has 1 unspecified atom stereocenters. The van der Waals surface area contributed by atoms with Gasteiger partial charge in [0.1, 0.15) is 23.0 Å². The zero-order valence-corrected chi connectivity index (χ0v) is 52.0. The summed E-state index contributed by atoms with van der Waals surface area (Å²) in [6.45, 7) is 0. The summed E-state index contributed by atoms with van der Waals surface area (Å²) in [6.07, 6.45) is -20.0. The van der Waals surface area contributed by atoms with Gasteiger partial charge in [-0.15, -0.1) is 0 Å². The van der Waals surface area contributed by atoms with Crippen LogP contribution >= 0.6 is 11.8 Å². The molecule has 0 radical (unpaired) electrons. The van der Waals surface area contributed by atoms with Crippen molar-refractivity contribution in [3.05, 3.63) is 157 Å². The first kappa shape index (κ1) is 84.6. The first-order valence-electron chi connectivity index (χ1n) is 25.2. The Kier molecular flexibility index (Phi) is 34.9. The zero-order valence-electron chi connectivity index (χ0n) is 47.9. The Labute approximate surface area is 555 Å². The van der Waals surface area contributed by atoms with Crippen molar-refractivity contribution >= 4 is 37.7 Å². The molecule has 29 heteroatoms. The summed E-state index contributed by atoms with van der Waals surface area (Å²) in [4.78, 5) is 6.23. The summed E-state index contributed by atoms with van der Waals surface area (Å²) in [5, 5.41) is 0. The van der Waals surface area contributed by atoms with Gasteiger partial charge >= 0.3 is 203 Å². The van der Waals surface area contributed by atoms with Crippen LogP contribution in [0, 0.1) is 138 Å². The Hall–Kier alpha value is -10.4. The molecule has 0 N–H and O–H groups in total. The van der Waals surface area contributed by atoms with Gasteiger partial charge in [0.25, 0.3) is 0 Å². The van der Waals surface area contributed by atoms with E-state index in [-0.39, 0.29) is 16.6 Å². The second-order valence-corrected chi connectivity index (χ2v) is 26.0. The van der Waals surface area contributed by atoms with Crippen molar-refractivity contribution in [2.24, 2.45) is 0 Å². The number of allylic oxidation sites excluding steroid dienone is 4. The maximum absolute atomic E-state index is 10.4. The molecule has 97 heavy (non-hydrogen) atoms. The summed E-state index contributed by atoms with van der Waals surface area (Å²) in [5.74, 6) is 42.1. The molecule has 0 heterocycles. The number of halogens is 24. The van der Waals surface area contributed by atoms with Gasteiger partial charge in [0.05, 0.1) is 10.9 Å². The normalized spacial score (nSPS) is 11.6. The molecule has 1 aliphatic carbocycles. The Morgan fingerprint density at radius 1 is 0.340 bits per heavy atom. The van der Waals surface area contributed by atoms with E-state index in [0.717, 1.165) is 35.8 Å². The quantitative estimate of drug-likeness (QED) is 0.0634. The van der Waals surface area contributed by atoms with Crippen LogP contribution in [0.2, 0.25) is 0 Å². The number of hydrogen-bond acceptors (Lipinski definition) is 3. The summed E-state index contributed by atoms with van der Waals surface area (Å²) in [6, 6.07) is 46.4. The molecule has 0 saturated carbocycles. The van der Waals surface area contributed by atoms with E-state index < -0.39 is 64.4 Å². The van der Waals surface area contributed by atoms with E-state index in [9.17, 15) is 105 Å². The van der Waals surface area contributed by atoms with Crippen LogP contribution in [0.5, 0.6) is 17.2 Å². The summed E-state index contributed by atoms with van der Waals surface area (Å²) >= 11 is -2.14. The van der Waals surface area contributed by atoms with Crippen molar-refractivity contribution in [1.29, 1.82) is 0 Å². The zero-order chi connectivity index (χ0) is 73.6. The van der Waals surface area contributed by atoms with Crippen LogP contribution in [-0.4, -0.2) is 64.4 Å². The molecule has 508 valence electrons. The number of rotatable bonds is 9. The van der Waals surface area contributed by atoms with E-state index >= 15 is 0 Å². The topological polar surface area (TPSA) is 18.5 Å². The summed E-state index contributed by atoms with van der Waals surface area (Å²) < 4.78 is 274. The van der Waals surface area contributed by atoms with Gasteiger partial charge in [0, 0.05) is 21.9 Å². The molecule has 1 atom stereocenters. The van der Waals surface area contributed by atoms with Crippen LogP contribution in [0.3, 0.4) is 0 Å². The molecular weight excluding hydrogens is 1440 g/mol. The van der Waals surface area contributed by atoms with Crippen LogP contribution in [0.15, 0.2) is 182 Å². The average molecular weight is 1480 g/mol. The smallest absolute Gasteiger partial charge is 0.462 e. The maximum atomic E-state index is 10.4. The Morgan fingerprint density at radius 3 is 0.928 bits per heavy atom. The minimum atomic E-state index is -6.06. The van der Waals surface area contributed by atoms with Crippen LogP contribution in [-0.2, 0) is 10.9 Å². The Bertz CT molecular complexity index is 3820. The van der Waals surface area contributed by atoms with Gasteiger partial charge < -0.3 is 9.47 Å². The molecule has 5 aromatic carbocycles. The molecule has 0 fully saturated rings. The maximum Gasteiger partial charge on any atom is 0.487 e. The van der Waals surface area contributed by atoms with Crippen molar-refractivity contribution in [2.45, 2.75) is 86.7 Å². The monoisotopic (exact) mass is 1480 g/mol. The molecule has 0 aromatic heterocycles. The van der Waals surface area contributed by atoms with Gasteiger partial charge in [-0.2, -0.15) is 105 Å². The summed E-state index contributed by atoms with van der Waals surface area (Å²) in [7, 11) is -0.223. The van der Waals surface area contributed by atoms with Crippen LogP contribution in [0.25, 0.3) is 0 Å². The second kappa shape index (κ2) is 40.1. The third-order valence-electron chi connectivity index (χ3n) is 9.59. The number of hydrogen-bond donors (Lipinski definition) is 0. The van der Waals surface area contributed by atoms with Crippen molar-refractivity contribution in [1.82, 2.24) is 0 Å². The van der Waals surface area contributed by atoms with Gasteiger partial charge in [-0.25, -0.2) is 0 Å². The van der Waals surface area contributed by atoms with Gasteiger partial charge in [-0.05, 0) is 110 Å². The van der Waals surface area contributed by atoms with Crippen LogP contribution < -0.4 is 9.47 Å². The summed E-state index contributed by atoms with van der Waals surface area (Å²) in [5.41, 5.74) is 0. The first-order chi connectivity index (χ1) is 45.0. The molecule has 5 aromatic rings. The van der Waals surface area contributed by atoms with E-state index in [4.69, 9.17) is 35.2 Å². The fourth-order valence-electron chi connectivity index (χ4n) is 5.47. The molecular formula is C68H41F24GaO2S2. The van der Waals surface area contributed by atoms with Crippen LogP contribution in [0.4, 0.5) is 105 Å². The van der Waals surface area contributed by atoms with E-state index in [0.29, 0.717) is 0 Å². The predicted molar refractivity (Wildman–Crippen MR) is 326 cm³/mol. The van der Waals surface area contributed by atoms with Gasteiger partial charge in [0.15, 0.2) is 14.7 Å². The van der Waals surface area contributed by atoms with Gasteiger partial charge in [-0.3, -0.25) is 0 Å².